The third-order valence-electron chi connectivity index (χ3n) is 15.6. The molecule has 1 spiro atoms. The van der Waals surface area contributed by atoms with Crippen LogP contribution in [0.2, 0.25) is 0 Å². The van der Waals surface area contributed by atoms with Gasteiger partial charge in [0.25, 0.3) is 0 Å². The van der Waals surface area contributed by atoms with Crippen LogP contribution in [0.1, 0.15) is 79.1 Å². The van der Waals surface area contributed by atoms with Crippen LogP contribution >= 0.6 is 0 Å². The van der Waals surface area contributed by atoms with E-state index >= 15 is 0 Å². The smallest absolute Gasteiger partial charge is 0.0725 e. The van der Waals surface area contributed by atoms with E-state index in [1.165, 1.54) is 127 Å². The fraction of sp³-hybridized carbons (Fsp3) is 0.125. The van der Waals surface area contributed by atoms with Crippen molar-refractivity contribution in [3.8, 4) is 44.5 Å². The quantitative estimate of drug-likeness (QED) is 0.147. The van der Waals surface area contributed by atoms with E-state index in [1.54, 1.807) is 0 Å². The molecule has 0 N–H and O–H groups in total. The predicted molar refractivity (Wildman–Crippen MR) is 274 cm³/mol. The first-order chi connectivity index (χ1) is 31.1. The Morgan fingerprint density at radius 2 is 0.859 bits per heavy atom. The molecule has 12 rings (SSSR count). The largest absolute Gasteiger partial charge is 0.0987 e. The molecular weight excluding hydrogens is 769 g/mol. The normalized spacial score (nSPS) is 18.1. The van der Waals surface area contributed by atoms with E-state index in [1.807, 2.05) is 6.08 Å². The summed E-state index contributed by atoms with van der Waals surface area (Å²) < 4.78 is 0. The van der Waals surface area contributed by atoms with Crippen molar-refractivity contribution in [1.82, 2.24) is 0 Å². The zero-order chi connectivity index (χ0) is 43.9. The van der Waals surface area contributed by atoms with Crippen molar-refractivity contribution in [1.29, 1.82) is 0 Å². The highest BCUT2D eigenvalue weighted by atomic mass is 14.5. The lowest BCUT2D eigenvalue weighted by molar-refractivity contribution is 0.655. The first-order valence-corrected chi connectivity index (χ1v) is 22.7. The molecular formula is C64H50. The Bertz CT molecular complexity index is 3550. The highest BCUT2D eigenvalue weighted by Gasteiger charge is 2.52. The monoisotopic (exact) mass is 818 g/mol. The van der Waals surface area contributed by atoms with Crippen molar-refractivity contribution in [2.24, 2.45) is 0 Å². The number of benzene rings is 8. The zero-order valence-electron chi connectivity index (χ0n) is 37.4. The number of hydrogen-bond acceptors (Lipinski definition) is 0. The standard InChI is InChI=1S/C64H50/c1-9-21-41-45-32-30-38(34-57(45)62(5,6)52(41)11-3)60-47-25-13-14-26-48(47)61(39-31-33-46-43-23-15-18-27-54(43)63(7,8)58(46)35-39)51-37-59-49(36-50(51)60)44-24-17-20-29-56(44)64(59)53(12-4)40(10-2)42-22-16-19-28-55(42)64/h9-37H,2-4H2,1,5-8H3/b21-9-. The van der Waals surface area contributed by atoms with Crippen molar-refractivity contribution in [3.63, 3.8) is 0 Å². The molecule has 0 amide bonds. The molecule has 306 valence electrons. The van der Waals surface area contributed by atoms with Crippen LogP contribution in [-0.2, 0) is 16.2 Å². The Balaban J connectivity index is 1.24. The van der Waals surface area contributed by atoms with Crippen molar-refractivity contribution < 1.29 is 0 Å². The number of rotatable bonds is 6. The van der Waals surface area contributed by atoms with Crippen LogP contribution in [-0.4, -0.2) is 0 Å². The molecule has 0 bridgehead atoms. The second-order valence-corrected chi connectivity index (χ2v) is 19.2. The van der Waals surface area contributed by atoms with Crippen molar-refractivity contribution in [3.05, 3.63) is 251 Å². The van der Waals surface area contributed by atoms with E-state index in [2.05, 4.69) is 224 Å². The highest BCUT2D eigenvalue weighted by molar-refractivity contribution is 6.23. The molecule has 8 aromatic rings. The Labute approximate surface area is 377 Å². The van der Waals surface area contributed by atoms with Gasteiger partial charge in [-0.2, -0.15) is 0 Å². The Kier molecular flexibility index (Phi) is 8.02. The van der Waals surface area contributed by atoms with Crippen LogP contribution in [0.25, 0.3) is 77.2 Å². The maximum Gasteiger partial charge on any atom is 0.0725 e. The van der Waals surface area contributed by atoms with E-state index in [-0.39, 0.29) is 10.8 Å². The second kappa shape index (κ2) is 13.4. The SMILES string of the molecule is C=CC1=C(C=C)C2(c3ccccc31)c1ccccc1-c1cc3c(-c4ccc5c(c4)C(C)(C)C(C=C)=C5/C=C\C)c4ccccc4c(-c4ccc5c(c4)C(C)(C)c4ccccc4-5)c3cc12. The fourth-order valence-electron chi connectivity index (χ4n) is 12.8. The Morgan fingerprint density at radius 1 is 0.375 bits per heavy atom. The van der Waals surface area contributed by atoms with Crippen LogP contribution in [0.5, 0.6) is 0 Å². The summed E-state index contributed by atoms with van der Waals surface area (Å²) in [5.74, 6) is 0. The molecule has 4 aliphatic carbocycles. The molecule has 0 saturated heterocycles. The molecule has 1 unspecified atom stereocenters. The van der Waals surface area contributed by atoms with Crippen LogP contribution < -0.4 is 0 Å². The number of hydrogen-bond donors (Lipinski definition) is 0. The molecule has 0 aliphatic heterocycles. The fourth-order valence-corrected chi connectivity index (χ4v) is 12.8. The van der Waals surface area contributed by atoms with Crippen molar-refractivity contribution in [2.45, 2.75) is 50.9 Å². The highest BCUT2D eigenvalue weighted by Crippen LogP contribution is 2.64. The Morgan fingerprint density at radius 3 is 1.47 bits per heavy atom. The van der Waals surface area contributed by atoms with Gasteiger partial charge in [-0.25, -0.2) is 0 Å². The summed E-state index contributed by atoms with van der Waals surface area (Å²) >= 11 is 0. The van der Waals surface area contributed by atoms with Gasteiger partial charge in [0, 0.05) is 10.8 Å². The van der Waals surface area contributed by atoms with Crippen molar-refractivity contribution >= 4 is 32.7 Å². The van der Waals surface area contributed by atoms with Gasteiger partial charge in [-0.3, -0.25) is 0 Å². The summed E-state index contributed by atoms with van der Waals surface area (Å²) in [7, 11) is 0. The average molecular weight is 819 g/mol. The maximum atomic E-state index is 4.52. The molecule has 1 atom stereocenters. The van der Waals surface area contributed by atoms with E-state index in [4.69, 9.17) is 0 Å². The first kappa shape index (κ1) is 38.4. The maximum absolute atomic E-state index is 4.52. The molecule has 0 fully saturated rings. The zero-order valence-corrected chi connectivity index (χ0v) is 37.4. The minimum Gasteiger partial charge on any atom is -0.0987 e. The molecule has 0 heterocycles. The van der Waals surface area contributed by atoms with E-state index in [0.29, 0.717) is 0 Å². The van der Waals surface area contributed by atoms with E-state index in [0.717, 1.165) is 5.57 Å². The summed E-state index contributed by atoms with van der Waals surface area (Å²) in [5, 5.41) is 5.01. The van der Waals surface area contributed by atoms with Gasteiger partial charge in [-0.05, 0) is 164 Å². The summed E-state index contributed by atoms with van der Waals surface area (Å²) in [4.78, 5) is 0. The second-order valence-electron chi connectivity index (χ2n) is 19.2. The average Bonchev–Trinajstić information content (AvgIpc) is 3.93. The summed E-state index contributed by atoms with van der Waals surface area (Å²) in [6.45, 7) is 24.8. The minimum atomic E-state index is -0.555. The Hall–Kier alpha value is -7.28. The molecule has 0 nitrogen and oxygen atoms in total. The summed E-state index contributed by atoms with van der Waals surface area (Å²) in [6.07, 6.45) is 10.6. The van der Waals surface area contributed by atoms with Gasteiger partial charge in [0.05, 0.1) is 5.41 Å². The van der Waals surface area contributed by atoms with E-state index < -0.39 is 5.41 Å². The van der Waals surface area contributed by atoms with Gasteiger partial charge in [0.2, 0.25) is 0 Å². The molecule has 0 saturated carbocycles. The first-order valence-electron chi connectivity index (χ1n) is 22.7. The van der Waals surface area contributed by atoms with Crippen LogP contribution in [0, 0.1) is 0 Å². The third-order valence-corrected chi connectivity index (χ3v) is 15.6. The summed E-state index contributed by atoms with van der Waals surface area (Å²) in [5.41, 5.74) is 24.6. The lowest BCUT2D eigenvalue weighted by Crippen LogP contribution is -2.26. The van der Waals surface area contributed by atoms with Crippen LogP contribution in [0.15, 0.2) is 207 Å². The van der Waals surface area contributed by atoms with Gasteiger partial charge in [0.15, 0.2) is 0 Å². The number of allylic oxidation sites excluding steroid dienone is 9. The molecule has 0 heteroatoms. The lowest BCUT2D eigenvalue weighted by Gasteiger charge is -2.32. The number of fused-ring (bicyclic) bond motifs is 13. The van der Waals surface area contributed by atoms with Gasteiger partial charge < -0.3 is 0 Å². The predicted octanol–water partition coefficient (Wildman–Crippen LogP) is 16.9. The van der Waals surface area contributed by atoms with Gasteiger partial charge in [-0.1, -0.05) is 199 Å². The van der Waals surface area contributed by atoms with Gasteiger partial charge in [0.1, 0.15) is 0 Å². The third kappa shape index (κ3) is 4.68. The summed E-state index contributed by atoms with van der Waals surface area (Å²) in [6, 6.07) is 55.7. The molecule has 0 aromatic heterocycles. The topological polar surface area (TPSA) is 0 Å². The van der Waals surface area contributed by atoms with Crippen LogP contribution in [0.3, 0.4) is 0 Å². The lowest BCUT2D eigenvalue weighted by atomic mass is 9.69. The van der Waals surface area contributed by atoms with E-state index in [9.17, 15) is 0 Å². The van der Waals surface area contributed by atoms with Gasteiger partial charge >= 0.3 is 0 Å². The molecule has 8 aromatic carbocycles. The van der Waals surface area contributed by atoms with Gasteiger partial charge in [-0.15, -0.1) is 0 Å². The molecule has 64 heavy (non-hydrogen) atoms. The van der Waals surface area contributed by atoms with Crippen LogP contribution in [0.4, 0.5) is 0 Å². The molecule has 4 aliphatic rings. The molecule has 0 radical (unpaired) electrons. The minimum absolute atomic E-state index is 0.139. The van der Waals surface area contributed by atoms with Crippen molar-refractivity contribution in [2.75, 3.05) is 0 Å².